The standard InChI is InChI=1S/C24H22N2/c1-2-3-4-5-6-7-8-9-10-11-12-13-14-15-16-17-18-19-20-21-24(22-25)23-26/h2-21H,1H2/b4-3+,6-5+,8-7+,10-9+,12-11+,14-13+,16-15+,18-17+,20-19+. The van der Waals surface area contributed by atoms with E-state index in [-0.39, 0.29) is 5.57 Å². The summed E-state index contributed by atoms with van der Waals surface area (Å²) in [6, 6.07) is 3.58. The van der Waals surface area contributed by atoms with Gasteiger partial charge in [-0.3, -0.25) is 0 Å². The zero-order valence-corrected chi connectivity index (χ0v) is 14.6. The van der Waals surface area contributed by atoms with Gasteiger partial charge in [-0.1, -0.05) is 122 Å². The van der Waals surface area contributed by atoms with Crippen LogP contribution in [0.3, 0.4) is 0 Å². The first-order valence-electron chi connectivity index (χ1n) is 7.98. The number of nitriles is 2. The van der Waals surface area contributed by atoms with Crippen molar-refractivity contribution in [1.29, 1.82) is 10.5 Å². The lowest BCUT2D eigenvalue weighted by Gasteiger charge is -1.76. The topological polar surface area (TPSA) is 47.6 Å². The molecule has 0 radical (unpaired) electrons. The van der Waals surface area contributed by atoms with Gasteiger partial charge in [-0.25, -0.2) is 0 Å². The zero-order valence-electron chi connectivity index (χ0n) is 14.6. The Hall–Kier alpha value is -3.88. The fourth-order valence-corrected chi connectivity index (χ4v) is 1.36. The lowest BCUT2D eigenvalue weighted by Crippen LogP contribution is -1.67. The molecule has 0 spiro atoms. The van der Waals surface area contributed by atoms with Gasteiger partial charge in [0.1, 0.15) is 17.7 Å². The van der Waals surface area contributed by atoms with Gasteiger partial charge < -0.3 is 0 Å². The highest BCUT2D eigenvalue weighted by atomic mass is 14.3. The van der Waals surface area contributed by atoms with Crippen molar-refractivity contribution in [3.63, 3.8) is 0 Å². The Labute approximate surface area is 156 Å². The van der Waals surface area contributed by atoms with Crippen molar-refractivity contribution < 1.29 is 0 Å². The average molecular weight is 338 g/mol. The highest BCUT2D eigenvalue weighted by Gasteiger charge is 1.84. The van der Waals surface area contributed by atoms with Crippen LogP contribution in [0.2, 0.25) is 0 Å². The minimum atomic E-state index is 0.0848. The van der Waals surface area contributed by atoms with Crippen LogP contribution in [-0.4, -0.2) is 0 Å². The first-order chi connectivity index (χ1) is 12.8. The van der Waals surface area contributed by atoms with Crippen molar-refractivity contribution in [2.45, 2.75) is 0 Å². The number of nitrogens with zero attached hydrogens (tertiary/aromatic N) is 2. The Morgan fingerprint density at radius 3 is 1.00 bits per heavy atom. The molecular weight excluding hydrogens is 316 g/mol. The monoisotopic (exact) mass is 338 g/mol. The first-order valence-corrected chi connectivity index (χ1v) is 7.98. The zero-order chi connectivity index (χ0) is 19.1. The Morgan fingerprint density at radius 2 is 0.731 bits per heavy atom. The molecule has 0 atom stereocenters. The van der Waals surface area contributed by atoms with E-state index in [0.29, 0.717) is 0 Å². The van der Waals surface area contributed by atoms with E-state index in [1.54, 1.807) is 30.4 Å². The molecule has 0 heterocycles. The molecule has 0 bridgehead atoms. The molecule has 0 saturated carbocycles. The molecule has 0 aromatic heterocycles. The summed E-state index contributed by atoms with van der Waals surface area (Å²) in [7, 11) is 0. The normalized spacial score (nSPS) is 12.8. The van der Waals surface area contributed by atoms with E-state index in [1.807, 2.05) is 97.2 Å². The van der Waals surface area contributed by atoms with Gasteiger partial charge in [0.05, 0.1) is 0 Å². The van der Waals surface area contributed by atoms with Crippen LogP contribution in [0.5, 0.6) is 0 Å². The average Bonchev–Trinajstić information content (AvgIpc) is 2.66. The summed E-state index contributed by atoms with van der Waals surface area (Å²) in [6.07, 6.45) is 37.3. The van der Waals surface area contributed by atoms with E-state index < -0.39 is 0 Å². The Bertz CT molecular complexity index is 759. The molecule has 0 aromatic carbocycles. The van der Waals surface area contributed by atoms with Crippen LogP contribution in [-0.2, 0) is 0 Å². The quantitative estimate of drug-likeness (QED) is 0.354. The van der Waals surface area contributed by atoms with Crippen molar-refractivity contribution in [3.8, 4) is 12.1 Å². The van der Waals surface area contributed by atoms with Gasteiger partial charge in [-0.2, -0.15) is 10.5 Å². The molecule has 0 rings (SSSR count). The third kappa shape index (κ3) is 16.5. The molecule has 0 aliphatic heterocycles. The van der Waals surface area contributed by atoms with Crippen molar-refractivity contribution in [1.82, 2.24) is 0 Å². The van der Waals surface area contributed by atoms with Crippen LogP contribution in [0.25, 0.3) is 0 Å². The fourth-order valence-electron chi connectivity index (χ4n) is 1.36. The van der Waals surface area contributed by atoms with Crippen LogP contribution in [0, 0.1) is 22.7 Å². The van der Waals surface area contributed by atoms with Crippen molar-refractivity contribution >= 4 is 0 Å². The Morgan fingerprint density at radius 1 is 0.462 bits per heavy atom. The van der Waals surface area contributed by atoms with Gasteiger partial charge in [0, 0.05) is 0 Å². The second-order valence-electron chi connectivity index (χ2n) is 4.50. The van der Waals surface area contributed by atoms with E-state index in [4.69, 9.17) is 10.5 Å². The molecule has 0 aliphatic rings. The summed E-state index contributed by atoms with van der Waals surface area (Å²) in [5, 5.41) is 17.1. The lowest BCUT2D eigenvalue weighted by molar-refractivity contribution is 1.46. The van der Waals surface area contributed by atoms with Crippen LogP contribution >= 0.6 is 0 Å². The van der Waals surface area contributed by atoms with Gasteiger partial charge >= 0.3 is 0 Å². The van der Waals surface area contributed by atoms with Crippen molar-refractivity contribution in [2.24, 2.45) is 0 Å². The molecule has 2 heteroatoms. The van der Waals surface area contributed by atoms with Gasteiger partial charge in [0.2, 0.25) is 0 Å². The molecular formula is C24H22N2. The Kier molecular flexibility index (Phi) is 16.3. The van der Waals surface area contributed by atoms with Gasteiger partial charge in [-0.05, 0) is 6.08 Å². The lowest BCUT2D eigenvalue weighted by atomic mass is 10.3. The first kappa shape index (κ1) is 22.1. The summed E-state index contributed by atoms with van der Waals surface area (Å²) < 4.78 is 0. The molecule has 0 fully saturated rings. The predicted octanol–water partition coefficient (Wildman–Crippen LogP) is 6.15. The molecule has 2 nitrogen and oxygen atoms in total. The summed E-state index contributed by atoms with van der Waals surface area (Å²) in [5.41, 5.74) is 0.0848. The second-order valence-corrected chi connectivity index (χ2v) is 4.50. The largest absolute Gasteiger partial charge is 0.192 e. The number of hydrogen-bond acceptors (Lipinski definition) is 2. The summed E-state index contributed by atoms with van der Waals surface area (Å²) in [6.45, 7) is 3.59. The molecule has 0 aliphatic carbocycles. The van der Waals surface area contributed by atoms with Crippen LogP contribution < -0.4 is 0 Å². The molecule has 0 unspecified atom stereocenters. The van der Waals surface area contributed by atoms with E-state index in [1.165, 1.54) is 6.08 Å². The van der Waals surface area contributed by atoms with Crippen LogP contribution in [0.15, 0.2) is 134 Å². The maximum atomic E-state index is 8.55. The molecule has 0 N–H and O–H groups in total. The fraction of sp³-hybridized carbons (Fsp3) is 0. The summed E-state index contributed by atoms with van der Waals surface area (Å²) in [4.78, 5) is 0. The number of rotatable bonds is 10. The third-order valence-corrected chi connectivity index (χ3v) is 2.53. The third-order valence-electron chi connectivity index (χ3n) is 2.53. The molecule has 0 amide bonds. The van der Waals surface area contributed by atoms with Gasteiger partial charge in [-0.15, -0.1) is 0 Å². The highest BCUT2D eigenvalue weighted by Crippen LogP contribution is 1.90. The molecule has 26 heavy (non-hydrogen) atoms. The number of allylic oxidation sites excluding steroid dienone is 21. The van der Waals surface area contributed by atoms with Gasteiger partial charge in [0.15, 0.2) is 0 Å². The Balaban J connectivity index is 4.05. The predicted molar refractivity (Wildman–Crippen MR) is 112 cm³/mol. The van der Waals surface area contributed by atoms with Crippen molar-refractivity contribution in [3.05, 3.63) is 134 Å². The molecule has 128 valence electrons. The summed E-state index contributed by atoms with van der Waals surface area (Å²) >= 11 is 0. The maximum absolute atomic E-state index is 8.55. The SMILES string of the molecule is C=C/C=C/C=C/C=C/C=C/C=C/C=C/C=C/C=C/C=C/C=C(C#N)C#N. The highest BCUT2D eigenvalue weighted by molar-refractivity contribution is 5.38. The van der Waals surface area contributed by atoms with E-state index >= 15 is 0 Å². The van der Waals surface area contributed by atoms with Crippen molar-refractivity contribution in [2.75, 3.05) is 0 Å². The van der Waals surface area contributed by atoms with E-state index in [9.17, 15) is 0 Å². The minimum Gasteiger partial charge on any atom is -0.192 e. The van der Waals surface area contributed by atoms with E-state index in [0.717, 1.165) is 0 Å². The van der Waals surface area contributed by atoms with Crippen LogP contribution in [0.1, 0.15) is 0 Å². The number of hydrogen-bond donors (Lipinski definition) is 0. The van der Waals surface area contributed by atoms with Crippen LogP contribution in [0.4, 0.5) is 0 Å². The second kappa shape index (κ2) is 19.2. The molecule has 0 saturated heterocycles. The smallest absolute Gasteiger partial charge is 0.129 e. The maximum Gasteiger partial charge on any atom is 0.129 e. The van der Waals surface area contributed by atoms with Gasteiger partial charge in [0.25, 0.3) is 0 Å². The van der Waals surface area contributed by atoms with E-state index in [2.05, 4.69) is 6.58 Å². The summed E-state index contributed by atoms with van der Waals surface area (Å²) in [5.74, 6) is 0. The minimum absolute atomic E-state index is 0.0848. The molecule has 0 aromatic rings.